The minimum absolute atomic E-state index is 0.0209. The normalized spacial score (nSPS) is 23.6. The molecule has 0 bridgehead atoms. The molecule has 0 radical (unpaired) electrons. The predicted octanol–water partition coefficient (Wildman–Crippen LogP) is 4.14. The second-order valence-electron chi connectivity index (χ2n) is 5.47. The van der Waals surface area contributed by atoms with Crippen LogP contribution in [0.1, 0.15) is 28.8 Å². The monoisotopic (exact) mass is 298 g/mol. The highest BCUT2D eigenvalue weighted by molar-refractivity contribution is 6.30. The van der Waals surface area contributed by atoms with Crippen LogP contribution < -0.4 is 0 Å². The largest absolute Gasteiger partial charge is 0.300 e. The van der Waals surface area contributed by atoms with Gasteiger partial charge < -0.3 is 0 Å². The van der Waals surface area contributed by atoms with Crippen LogP contribution in [0.5, 0.6) is 0 Å². The van der Waals surface area contributed by atoms with Crippen LogP contribution in [0.2, 0.25) is 5.02 Å². The molecule has 3 atom stereocenters. The molecule has 21 heavy (non-hydrogen) atoms. The molecule has 1 aliphatic carbocycles. The summed E-state index contributed by atoms with van der Waals surface area (Å²) in [5, 5.41) is 0.657. The summed E-state index contributed by atoms with van der Waals surface area (Å²) in [6, 6.07) is 16.6. The van der Waals surface area contributed by atoms with Gasteiger partial charge in [0.1, 0.15) is 5.78 Å². The summed E-state index contributed by atoms with van der Waals surface area (Å²) in [4.78, 5) is 24.4. The van der Waals surface area contributed by atoms with Crippen molar-refractivity contribution in [3.05, 3.63) is 70.7 Å². The van der Waals surface area contributed by atoms with E-state index < -0.39 is 0 Å². The molecule has 1 saturated carbocycles. The van der Waals surface area contributed by atoms with E-state index in [0.29, 0.717) is 10.6 Å². The van der Waals surface area contributed by atoms with Crippen molar-refractivity contribution < 1.29 is 9.59 Å². The van der Waals surface area contributed by atoms with E-state index in [1.165, 1.54) is 0 Å². The molecule has 106 valence electrons. The molecule has 0 aliphatic heterocycles. The van der Waals surface area contributed by atoms with Gasteiger partial charge in [0.2, 0.25) is 0 Å². The molecule has 1 fully saturated rings. The van der Waals surface area contributed by atoms with Crippen LogP contribution in [0.25, 0.3) is 0 Å². The third-order valence-electron chi connectivity index (χ3n) is 4.11. The van der Waals surface area contributed by atoms with Crippen molar-refractivity contribution in [2.45, 2.75) is 12.8 Å². The van der Waals surface area contributed by atoms with Crippen LogP contribution in [0.4, 0.5) is 0 Å². The molecular formula is C18H15ClO2. The van der Waals surface area contributed by atoms with Crippen LogP contribution in [0.3, 0.4) is 0 Å². The van der Waals surface area contributed by atoms with Crippen LogP contribution in [-0.2, 0) is 4.79 Å². The summed E-state index contributed by atoms with van der Waals surface area (Å²) in [6.07, 6.45) is 0. The van der Waals surface area contributed by atoms with E-state index >= 15 is 0 Å². The fourth-order valence-corrected chi connectivity index (χ4v) is 3.16. The van der Waals surface area contributed by atoms with Gasteiger partial charge in [-0.15, -0.1) is 0 Å². The fourth-order valence-electron chi connectivity index (χ4n) is 3.04. The Kier molecular flexibility index (Phi) is 3.64. The highest BCUT2D eigenvalue weighted by Crippen LogP contribution is 2.55. The van der Waals surface area contributed by atoms with Crippen LogP contribution in [0.15, 0.2) is 54.6 Å². The van der Waals surface area contributed by atoms with Gasteiger partial charge in [-0.05, 0) is 24.6 Å². The first-order chi connectivity index (χ1) is 10.1. The zero-order valence-corrected chi connectivity index (χ0v) is 12.4. The van der Waals surface area contributed by atoms with Crippen molar-refractivity contribution >= 4 is 23.2 Å². The quantitative estimate of drug-likeness (QED) is 0.795. The van der Waals surface area contributed by atoms with Gasteiger partial charge >= 0.3 is 0 Å². The summed E-state index contributed by atoms with van der Waals surface area (Å²) in [6.45, 7) is 1.56. The van der Waals surface area contributed by atoms with Gasteiger partial charge in [0, 0.05) is 28.3 Å². The lowest BCUT2D eigenvalue weighted by atomic mass is 10.0. The molecule has 0 aromatic heterocycles. The predicted molar refractivity (Wildman–Crippen MR) is 82.6 cm³/mol. The molecule has 0 amide bonds. The number of halogens is 1. The van der Waals surface area contributed by atoms with Crippen molar-refractivity contribution in [1.82, 2.24) is 0 Å². The Bertz CT molecular complexity index is 676. The van der Waals surface area contributed by atoms with E-state index in [9.17, 15) is 9.59 Å². The summed E-state index contributed by atoms with van der Waals surface area (Å²) >= 11 is 5.90. The summed E-state index contributed by atoms with van der Waals surface area (Å²) in [5.41, 5.74) is 1.68. The molecular weight excluding hydrogens is 284 g/mol. The first-order valence-corrected chi connectivity index (χ1v) is 7.32. The number of carbonyl (C=O) groups is 2. The van der Waals surface area contributed by atoms with Crippen LogP contribution >= 0.6 is 11.6 Å². The van der Waals surface area contributed by atoms with Gasteiger partial charge in [0.05, 0.1) is 0 Å². The first-order valence-electron chi connectivity index (χ1n) is 6.95. The standard InChI is InChI=1S/C18H15ClO2/c1-11(20)15-16(12-7-9-14(19)10-8-12)17(15)18(21)13-5-3-2-4-6-13/h2-10,15-17H,1H3. The highest BCUT2D eigenvalue weighted by Gasteiger charge is 2.57. The molecule has 3 rings (SSSR count). The Balaban J connectivity index is 1.89. The molecule has 0 N–H and O–H groups in total. The number of carbonyl (C=O) groups excluding carboxylic acids is 2. The Hall–Kier alpha value is -1.93. The van der Waals surface area contributed by atoms with Gasteiger partial charge in [0.15, 0.2) is 5.78 Å². The fraction of sp³-hybridized carbons (Fsp3) is 0.222. The number of benzene rings is 2. The first kappa shape index (κ1) is 14.0. The van der Waals surface area contributed by atoms with Crippen molar-refractivity contribution in [1.29, 1.82) is 0 Å². The Morgan fingerprint density at radius 3 is 2.10 bits per heavy atom. The van der Waals surface area contributed by atoms with Crippen molar-refractivity contribution in [3.63, 3.8) is 0 Å². The van der Waals surface area contributed by atoms with E-state index in [4.69, 9.17) is 11.6 Å². The summed E-state index contributed by atoms with van der Waals surface area (Å²) in [7, 11) is 0. The maximum atomic E-state index is 12.6. The Morgan fingerprint density at radius 2 is 1.52 bits per heavy atom. The zero-order valence-electron chi connectivity index (χ0n) is 11.6. The highest BCUT2D eigenvalue weighted by atomic mass is 35.5. The number of hydrogen-bond donors (Lipinski definition) is 0. The second kappa shape index (κ2) is 5.45. The molecule has 0 saturated heterocycles. The number of hydrogen-bond acceptors (Lipinski definition) is 2. The molecule has 3 unspecified atom stereocenters. The van der Waals surface area contributed by atoms with E-state index in [1.807, 2.05) is 30.3 Å². The van der Waals surface area contributed by atoms with Gasteiger partial charge in [-0.2, -0.15) is 0 Å². The minimum Gasteiger partial charge on any atom is -0.300 e. The Labute approximate surface area is 128 Å². The third-order valence-corrected chi connectivity index (χ3v) is 4.36. The minimum atomic E-state index is -0.244. The molecule has 0 heterocycles. The Morgan fingerprint density at radius 1 is 0.905 bits per heavy atom. The number of Topliss-reactive ketones (excluding diaryl/α,β-unsaturated/α-hetero) is 2. The van der Waals surface area contributed by atoms with Crippen molar-refractivity contribution in [2.24, 2.45) is 11.8 Å². The average molecular weight is 299 g/mol. The van der Waals surface area contributed by atoms with Gasteiger partial charge in [-0.3, -0.25) is 9.59 Å². The molecule has 3 heteroatoms. The third kappa shape index (κ3) is 2.64. The molecule has 0 spiro atoms. The smallest absolute Gasteiger partial charge is 0.167 e. The topological polar surface area (TPSA) is 34.1 Å². The van der Waals surface area contributed by atoms with Crippen LogP contribution in [0, 0.1) is 11.8 Å². The van der Waals surface area contributed by atoms with E-state index in [1.54, 1.807) is 31.2 Å². The summed E-state index contributed by atoms with van der Waals surface area (Å²) < 4.78 is 0. The van der Waals surface area contributed by atoms with E-state index in [-0.39, 0.29) is 29.3 Å². The summed E-state index contributed by atoms with van der Waals surface area (Å²) in [5.74, 6) is -0.350. The lowest BCUT2D eigenvalue weighted by molar-refractivity contribution is -0.118. The van der Waals surface area contributed by atoms with Gasteiger partial charge in [0.25, 0.3) is 0 Å². The van der Waals surface area contributed by atoms with Gasteiger partial charge in [-0.1, -0.05) is 54.1 Å². The van der Waals surface area contributed by atoms with Crippen molar-refractivity contribution in [2.75, 3.05) is 0 Å². The molecule has 2 aromatic carbocycles. The van der Waals surface area contributed by atoms with Crippen LogP contribution in [-0.4, -0.2) is 11.6 Å². The molecule has 2 aromatic rings. The average Bonchev–Trinajstić information content (AvgIpc) is 3.24. The zero-order chi connectivity index (χ0) is 15.0. The van der Waals surface area contributed by atoms with E-state index in [0.717, 1.165) is 5.56 Å². The van der Waals surface area contributed by atoms with Gasteiger partial charge in [-0.25, -0.2) is 0 Å². The number of ketones is 2. The second-order valence-corrected chi connectivity index (χ2v) is 5.91. The van der Waals surface area contributed by atoms with E-state index in [2.05, 4.69) is 0 Å². The van der Waals surface area contributed by atoms with Crippen molar-refractivity contribution in [3.8, 4) is 0 Å². The maximum Gasteiger partial charge on any atom is 0.167 e. The maximum absolute atomic E-state index is 12.6. The number of rotatable bonds is 4. The molecule has 2 nitrogen and oxygen atoms in total. The SMILES string of the molecule is CC(=O)C1C(C(=O)c2ccccc2)C1c1ccc(Cl)cc1. The lowest BCUT2D eigenvalue weighted by Gasteiger charge is -2.01. The lowest BCUT2D eigenvalue weighted by Crippen LogP contribution is -2.06. The molecule has 1 aliphatic rings.